The van der Waals surface area contributed by atoms with E-state index in [4.69, 9.17) is 4.42 Å². The van der Waals surface area contributed by atoms with E-state index in [0.717, 1.165) is 45.4 Å². The fourth-order valence-corrected chi connectivity index (χ4v) is 8.32. The van der Waals surface area contributed by atoms with E-state index in [9.17, 15) is 0 Å². The van der Waals surface area contributed by atoms with Crippen LogP contribution in [0, 0.1) is 0 Å². The van der Waals surface area contributed by atoms with Crippen LogP contribution in [0.25, 0.3) is 33.1 Å². The lowest BCUT2D eigenvalue weighted by molar-refractivity contribution is 0.669. The van der Waals surface area contributed by atoms with Crippen LogP contribution in [0.3, 0.4) is 0 Å². The molecule has 0 fully saturated rings. The summed E-state index contributed by atoms with van der Waals surface area (Å²) in [6.07, 6.45) is 7.64. The molecule has 0 aliphatic carbocycles. The van der Waals surface area contributed by atoms with Crippen molar-refractivity contribution in [2.45, 2.75) is 13.3 Å². The van der Waals surface area contributed by atoms with Gasteiger partial charge in [0.15, 0.2) is 0 Å². The van der Waals surface area contributed by atoms with Crippen LogP contribution < -0.4 is 26.2 Å². The Bertz CT molecular complexity index is 2670. The maximum Gasteiger partial charge on any atom is 0.252 e. The number of hydrogen-bond acceptors (Lipinski definition) is 3. The first kappa shape index (κ1) is 30.3. The summed E-state index contributed by atoms with van der Waals surface area (Å²) >= 11 is 0. The van der Waals surface area contributed by atoms with E-state index in [1.807, 2.05) is 6.07 Å². The molecule has 52 heavy (non-hydrogen) atoms. The molecular formula is C48H35BN2O. The van der Waals surface area contributed by atoms with Gasteiger partial charge in [-0.15, -0.1) is 0 Å². The van der Waals surface area contributed by atoms with Crippen molar-refractivity contribution in [1.29, 1.82) is 0 Å². The van der Waals surface area contributed by atoms with Crippen molar-refractivity contribution in [1.82, 2.24) is 0 Å². The van der Waals surface area contributed by atoms with Crippen LogP contribution in [0.15, 0.2) is 192 Å². The topological polar surface area (TPSA) is 19.6 Å². The maximum absolute atomic E-state index is 6.53. The molecule has 2 aliphatic heterocycles. The summed E-state index contributed by atoms with van der Waals surface area (Å²) in [4.78, 5) is 4.90. The normalized spacial score (nSPS) is 13.5. The molecule has 7 aromatic carbocycles. The molecule has 0 N–H and O–H groups in total. The molecule has 0 amide bonds. The number of fused-ring (bicyclic) bond motifs is 7. The summed E-state index contributed by atoms with van der Waals surface area (Å²) in [6.45, 7) is 2.18. The molecule has 4 heteroatoms. The Hall–Kier alpha value is -6.52. The number of para-hydroxylation sites is 2. The lowest BCUT2D eigenvalue weighted by atomic mass is 9.33. The molecule has 0 radical (unpaired) electrons. The van der Waals surface area contributed by atoms with E-state index in [0.29, 0.717) is 0 Å². The van der Waals surface area contributed by atoms with Crippen molar-refractivity contribution in [3.8, 4) is 11.1 Å². The van der Waals surface area contributed by atoms with Gasteiger partial charge in [0, 0.05) is 51.0 Å². The van der Waals surface area contributed by atoms with Gasteiger partial charge in [-0.05, 0) is 88.9 Å². The predicted octanol–water partition coefficient (Wildman–Crippen LogP) is 10.7. The van der Waals surface area contributed by atoms with Gasteiger partial charge in [-0.25, -0.2) is 0 Å². The zero-order valence-corrected chi connectivity index (χ0v) is 28.9. The van der Waals surface area contributed by atoms with E-state index in [-0.39, 0.29) is 6.71 Å². The number of nitrogens with zero attached hydrogens (tertiary/aromatic N) is 2. The molecule has 246 valence electrons. The predicted molar refractivity (Wildman–Crippen MR) is 220 cm³/mol. The maximum atomic E-state index is 6.53. The Balaban J connectivity index is 1.19. The number of benzene rings is 7. The molecule has 1 aromatic heterocycles. The molecule has 0 saturated heterocycles. The van der Waals surface area contributed by atoms with Crippen molar-refractivity contribution in [3.05, 3.63) is 193 Å². The molecule has 3 nitrogen and oxygen atoms in total. The number of hydrogen-bond donors (Lipinski definition) is 0. The van der Waals surface area contributed by atoms with Gasteiger partial charge in [0.25, 0.3) is 6.71 Å². The van der Waals surface area contributed by atoms with Gasteiger partial charge < -0.3 is 14.2 Å². The van der Waals surface area contributed by atoms with Crippen molar-refractivity contribution >= 4 is 73.5 Å². The number of allylic oxidation sites excluding steroid dienone is 3. The van der Waals surface area contributed by atoms with Crippen LogP contribution in [0.4, 0.5) is 28.4 Å². The van der Waals surface area contributed by atoms with E-state index in [2.05, 4.69) is 193 Å². The minimum absolute atomic E-state index is 0.0398. The van der Waals surface area contributed by atoms with Gasteiger partial charge in [0.1, 0.15) is 11.2 Å². The summed E-state index contributed by atoms with van der Waals surface area (Å²) < 4.78 is 6.53. The quantitative estimate of drug-likeness (QED) is 0.130. The number of anilines is 5. The van der Waals surface area contributed by atoms with Gasteiger partial charge >= 0.3 is 0 Å². The highest BCUT2D eigenvalue weighted by molar-refractivity contribution is 7.00. The zero-order chi connectivity index (χ0) is 34.6. The fourth-order valence-electron chi connectivity index (χ4n) is 8.32. The highest BCUT2D eigenvalue weighted by atomic mass is 16.3. The zero-order valence-electron chi connectivity index (χ0n) is 28.9. The second kappa shape index (κ2) is 12.4. The summed E-state index contributed by atoms with van der Waals surface area (Å²) in [5.41, 5.74) is 16.4. The third-order valence-corrected chi connectivity index (χ3v) is 10.7. The van der Waals surface area contributed by atoms with Crippen LogP contribution in [0.5, 0.6) is 0 Å². The average molecular weight is 667 g/mol. The molecule has 0 saturated carbocycles. The lowest BCUT2D eigenvalue weighted by Crippen LogP contribution is -2.61. The highest BCUT2D eigenvalue weighted by Crippen LogP contribution is 2.44. The summed E-state index contributed by atoms with van der Waals surface area (Å²) in [5, 5.41) is 2.29. The molecule has 8 aromatic rings. The van der Waals surface area contributed by atoms with Crippen molar-refractivity contribution in [2.75, 3.05) is 9.80 Å². The Kier molecular flexibility index (Phi) is 7.21. The van der Waals surface area contributed by atoms with Crippen molar-refractivity contribution < 1.29 is 4.42 Å². The fraction of sp³-hybridized carbons (Fsp3) is 0.0417. The van der Waals surface area contributed by atoms with E-state index in [1.54, 1.807) is 0 Å². The van der Waals surface area contributed by atoms with E-state index in [1.165, 1.54) is 50.1 Å². The first-order valence-electron chi connectivity index (χ1n) is 18.1. The minimum atomic E-state index is 0.0398. The third-order valence-electron chi connectivity index (χ3n) is 10.7. The lowest BCUT2D eigenvalue weighted by Gasteiger charge is -2.44. The molecule has 0 spiro atoms. The summed E-state index contributed by atoms with van der Waals surface area (Å²) in [7, 11) is 0. The SMILES string of the molecule is C/C=C(\C=C/Cc1ccccc1)N1c2cc3oc4ccccc4c3cc2B2c3ccccc3N(c3ccc(-c4ccccc4)cc3)c3cccc1c32. The molecular weight excluding hydrogens is 631 g/mol. The second-order valence-electron chi connectivity index (χ2n) is 13.6. The minimum Gasteiger partial charge on any atom is -0.456 e. The summed E-state index contributed by atoms with van der Waals surface area (Å²) in [5.74, 6) is 0. The molecule has 0 bridgehead atoms. The molecule has 2 aliphatic rings. The van der Waals surface area contributed by atoms with Crippen LogP contribution >= 0.6 is 0 Å². The Morgan fingerprint density at radius 1 is 0.577 bits per heavy atom. The first-order chi connectivity index (χ1) is 25.8. The van der Waals surface area contributed by atoms with E-state index >= 15 is 0 Å². The summed E-state index contributed by atoms with van der Waals surface area (Å²) in [6, 6.07) is 59.1. The Labute approximate surface area is 304 Å². The van der Waals surface area contributed by atoms with Crippen LogP contribution in [0.1, 0.15) is 12.5 Å². The van der Waals surface area contributed by atoms with Gasteiger partial charge in [-0.2, -0.15) is 0 Å². The first-order valence-corrected chi connectivity index (χ1v) is 18.1. The van der Waals surface area contributed by atoms with Gasteiger partial charge in [0.05, 0.1) is 0 Å². The Morgan fingerprint density at radius 2 is 1.27 bits per heavy atom. The monoisotopic (exact) mass is 666 g/mol. The number of furan rings is 1. The van der Waals surface area contributed by atoms with Crippen molar-refractivity contribution in [3.63, 3.8) is 0 Å². The van der Waals surface area contributed by atoms with Crippen LogP contribution in [-0.2, 0) is 6.42 Å². The number of rotatable bonds is 6. The standard InChI is InChI=1S/C48H35BN2O/c1-2-36(20-13-17-33-15-5-3-6-16-33)50-43-24-14-25-44-48(43)49(41-31-39-38-21-9-12-26-46(38)52-47(39)32-45(41)50)40-22-10-11-23-42(40)51(44)37-29-27-35(28-30-37)34-18-7-4-8-19-34/h2-16,18-32H,17H2,1H3/b20-13-,36-2+. The average Bonchev–Trinajstić information content (AvgIpc) is 3.57. The Morgan fingerprint density at radius 3 is 2.10 bits per heavy atom. The smallest absolute Gasteiger partial charge is 0.252 e. The van der Waals surface area contributed by atoms with E-state index < -0.39 is 0 Å². The van der Waals surface area contributed by atoms with Crippen LogP contribution in [-0.4, -0.2) is 6.71 Å². The van der Waals surface area contributed by atoms with Crippen molar-refractivity contribution in [2.24, 2.45) is 0 Å². The molecule has 3 heterocycles. The second-order valence-corrected chi connectivity index (χ2v) is 13.6. The largest absolute Gasteiger partial charge is 0.456 e. The molecule has 10 rings (SSSR count). The van der Waals surface area contributed by atoms with Crippen LogP contribution in [0.2, 0.25) is 0 Å². The third kappa shape index (κ3) is 4.83. The van der Waals surface area contributed by atoms with Gasteiger partial charge in [-0.1, -0.05) is 133 Å². The molecule has 0 atom stereocenters. The van der Waals surface area contributed by atoms with Gasteiger partial charge in [0.2, 0.25) is 0 Å². The highest BCUT2D eigenvalue weighted by Gasteiger charge is 2.43. The molecule has 0 unspecified atom stereocenters. The van der Waals surface area contributed by atoms with Gasteiger partial charge in [-0.3, -0.25) is 0 Å².